The fourth-order valence-corrected chi connectivity index (χ4v) is 2.95. The SMILES string of the molecule is Cn1ccc2ccc(C(=O)N3CCC(C(N)=O)CC3)cc21. The molecule has 1 aromatic carbocycles. The Bertz CT molecular complexity index is 697. The lowest BCUT2D eigenvalue weighted by Crippen LogP contribution is -2.41. The van der Waals surface area contributed by atoms with Crippen LogP contribution in [0.3, 0.4) is 0 Å². The standard InChI is InChI=1S/C16H19N3O2/c1-18-7-4-11-2-3-13(10-14(11)18)16(21)19-8-5-12(6-9-19)15(17)20/h2-4,7,10,12H,5-6,8-9H2,1H3,(H2,17,20). The zero-order valence-electron chi connectivity index (χ0n) is 12.1. The summed E-state index contributed by atoms with van der Waals surface area (Å²) in [6.45, 7) is 1.19. The average molecular weight is 285 g/mol. The number of hydrogen-bond donors (Lipinski definition) is 1. The molecule has 2 heterocycles. The highest BCUT2D eigenvalue weighted by molar-refractivity contribution is 5.98. The molecule has 3 rings (SSSR count). The van der Waals surface area contributed by atoms with Gasteiger partial charge >= 0.3 is 0 Å². The van der Waals surface area contributed by atoms with Gasteiger partial charge in [0.15, 0.2) is 0 Å². The molecule has 1 aliphatic rings. The van der Waals surface area contributed by atoms with E-state index in [-0.39, 0.29) is 17.7 Å². The molecule has 5 heteroatoms. The minimum atomic E-state index is -0.257. The van der Waals surface area contributed by atoms with Crippen molar-refractivity contribution in [1.82, 2.24) is 9.47 Å². The molecule has 1 aliphatic heterocycles. The molecule has 1 saturated heterocycles. The Kier molecular flexibility index (Phi) is 3.41. The van der Waals surface area contributed by atoms with Crippen LogP contribution in [0.4, 0.5) is 0 Å². The summed E-state index contributed by atoms with van der Waals surface area (Å²) in [6.07, 6.45) is 3.30. The number of carbonyl (C=O) groups excluding carboxylic acids is 2. The highest BCUT2D eigenvalue weighted by atomic mass is 16.2. The molecule has 110 valence electrons. The van der Waals surface area contributed by atoms with E-state index in [0.717, 1.165) is 10.9 Å². The van der Waals surface area contributed by atoms with Gasteiger partial charge in [-0.25, -0.2) is 0 Å². The lowest BCUT2D eigenvalue weighted by Gasteiger charge is -2.30. The molecule has 5 nitrogen and oxygen atoms in total. The van der Waals surface area contributed by atoms with E-state index in [9.17, 15) is 9.59 Å². The summed E-state index contributed by atoms with van der Waals surface area (Å²) in [6, 6.07) is 7.79. The number of aromatic nitrogens is 1. The van der Waals surface area contributed by atoms with Crippen molar-refractivity contribution in [3.05, 3.63) is 36.0 Å². The molecule has 21 heavy (non-hydrogen) atoms. The second-order valence-electron chi connectivity index (χ2n) is 5.67. The van der Waals surface area contributed by atoms with Gasteiger partial charge in [0, 0.05) is 43.3 Å². The van der Waals surface area contributed by atoms with Gasteiger partial charge in [-0.15, -0.1) is 0 Å². The van der Waals surface area contributed by atoms with Crippen molar-refractivity contribution in [2.45, 2.75) is 12.8 Å². The van der Waals surface area contributed by atoms with Gasteiger partial charge in [0.25, 0.3) is 5.91 Å². The summed E-state index contributed by atoms with van der Waals surface area (Å²) in [4.78, 5) is 25.5. The van der Waals surface area contributed by atoms with Crippen molar-refractivity contribution in [3.8, 4) is 0 Å². The van der Waals surface area contributed by atoms with Gasteiger partial charge in [0.05, 0.1) is 0 Å². The second kappa shape index (κ2) is 5.24. The van der Waals surface area contributed by atoms with Crippen molar-refractivity contribution in [1.29, 1.82) is 0 Å². The highest BCUT2D eigenvalue weighted by Gasteiger charge is 2.26. The first-order valence-electron chi connectivity index (χ1n) is 7.20. The Morgan fingerprint density at radius 3 is 2.57 bits per heavy atom. The number of fused-ring (bicyclic) bond motifs is 1. The maximum absolute atomic E-state index is 12.6. The van der Waals surface area contributed by atoms with Crippen LogP contribution in [-0.2, 0) is 11.8 Å². The van der Waals surface area contributed by atoms with Gasteiger partial charge in [-0.2, -0.15) is 0 Å². The summed E-state index contributed by atoms with van der Waals surface area (Å²) in [7, 11) is 1.97. The van der Waals surface area contributed by atoms with Crippen LogP contribution in [0.1, 0.15) is 23.2 Å². The molecule has 0 radical (unpaired) electrons. The molecule has 0 atom stereocenters. The zero-order chi connectivity index (χ0) is 15.0. The molecule has 2 aromatic rings. The molecule has 0 spiro atoms. The lowest BCUT2D eigenvalue weighted by molar-refractivity contribution is -0.123. The lowest BCUT2D eigenvalue weighted by atomic mass is 9.96. The molecular formula is C16H19N3O2. The number of hydrogen-bond acceptors (Lipinski definition) is 2. The van der Waals surface area contributed by atoms with Gasteiger partial charge in [-0.05, 0) is 36.4 Å². The molecule has 0 unspecified atom stereocenters. The molecule has 2 N–H and O–H groups in total. The number of likely N-dealkylation sites (tertiary alicyclic amines) is 1. The van der Waals surface area contributed by atoms with E-state index in [1.54, 1.807) is 0 Å². The van der Waals surface area contributed by atoms with Gasteiger partial charge in [0.2, 0.25) is 5.91 Å². The number of amides is 2. The Balaban J connectivity index is 1.78. The van der Waals surface area contributed by atoms with E-state index in [4.69, 9.17) is 5.73 Å². The van der Waals surface area contributed by atoms with Crippen molar-refractivity contribution in [2.75, 3.05) is 13.1 Å². The first kappa shape index (κ1) is 13.7. The van der Waals surface area contributed by atoms with Crippen LogP contribution >= 0.6 is 0 Å². The first-order chi connectivity index (χ1) is 10.1. The molecule has 0 bridgehead atoms. The number of primary amides is 1. The van der Waals surface area contributed by atoms with Gasteiger partial charge in [-0.3, -0.25) is 9.59 Å². The van der Waals surface area contributed by atoms with Crippen molar-refractivity contribution >= 4 is 22.7 Å². The topological polar surface area (TPSA) is 68.3 Å². The van der Waals surface area contributed by atoms with Crippen LogP contribution < -0.4 is 5.73 Å². The van der Waals surface area contributed by atoms with Crippen molar-refractivity contribution in [2.24, 2.45) is 18.7 Å². The summed E-state index contributed by atoms with van der Waals surface area (Å²) in [5, 5.41) is 1.13. The van der Waals surface area contributed by atoms with Crippen LogP contribution in [0, 0.1) is 5.92 Å². The van der Waals surface area contributed by atoms with Crippen molar-refractivity contribution in [3.63, 3.8) is 0 Å². The van der Waals surface area contributed by atoms with E-state index in [2.05, 4.69) is 0 Å². The third-order valence-electron chi connectivity index (χ3n) is 4.32. The van der Waals surface area contributed by atoms with Gasteiger partial charge in [-0.1, -0.05) is 6.07 Å². The third-order valence-corrected chi connectivity index (χ3v) is 4.32. The predicted molar refractivity (Wildman–Crippen MR) is 80.7 cm³/mol. The fourth-order valence-electron chi connectivity index (χ4n) is 2.95. The summed E-state index contributed by atoms with van der Waals surface area (Å²) in [5.74, 6) is -0.322. The smallest absolute Gasteiger partial charge is 0.253 e. The normalized spacial score (nSPS) is 16.3. The highest BCUT2D eigenvalue weighted by Crippen LogP contribution is 2.21. The molecule has 0 aliphatic carbocycles. The second-order valence-corrected chi connectivity index (χ2v) is 5.67. The van der Waals surface area contributed by atoms with Crippen molar-refractivity contribution < 1.29 is 9.59 Å². The number of nitrogens with zero attached hydrogens (tertiary/aromatic N) is 2. The van der Waals surface area contributed by atoms with E-state index in [1.807, 2.05) is 47.0 Å². The number of nitrogens with two attached hydrogens (primary N) is 1. The van der Waals surface area contributed by atoms with Crippen LogP contribution in [0.2, 0.25) is 0 Å². The number of piperidine rings is 1. The van der Waals surface area contributed by atoms with E-state index < -0.39 is 0 Å². The fraction of sp³-hybridized carbons (Fsp3) is 0.375. The van der Waals surface area contributed by atoms with Gasteiger partial charge in [0.1, 0.15) is 0 Å². The molecule has 0 saturated carbocycles. The van der Waals surface area contributed by atoms with E-state index in [0.29, 0.717) is 31.5 Å². The van der Waals surface area contributed by atoms with E-state index >= 15 is 0 Å². The molecule has 2 amide bonds. The Hall–Kier alpha value is -2.30. The number of aryl methyl sites for hydroxylation is 1. The summed E-state index contributed by atoms with van der Waals surface area (Å²) in [5.41, 5.74) is 7.07. The quantitative estimate of drug-likeness (QED) is 0.909. The van der Waals surface area contributed by atoms with E-state index in [1.165, 1.54) is 0 Å². The number of benzene rings is 1. The van der Waals surface area contributed by atoms with Crippen LogP contribution in [0.25, 0.3) is 10.9 Å². The summed E-state index contributed by atoms with van der Waals surface area (Å²) < 4.78 is 2.01. The molecule has 1 fully saturated rings. The maximum atomic E-state index is 12.6. The Morgan fingerprint density at radius 2 is 1.90 bits per heavy atom. The largest absolute Gasteiger partial charge is 0.369 e. The molecule has 1 aromatic heterocycles. The zero-order valence-corrected chi connectivity index (χ0v) is 12.1. The van der Waals surface area contributed by atoms with Crippen LogP contribution in [0.15, 0.2) is 30.5 Å². The third kappa shape index (κ3) is 2.51. The predicted octanol–water partition coefficient (Wildman–Crippen LogP) is 1.52. The number of rotatable bonds is 2. The summed E-state index contributed by atoms with van der Waals surface area (Å²) >= 11 is 0. The van der Waals surface area contributed by atoms with Gasteiger partial charge < -0.3 is 15.2 Å². The average Bonchev–Trinajstić information content (AvgIpc) is 2.87. The number of carbonyl (C=O) groups is 2. The first-order valence-corrected chi connectivity index (χ1v) is 7.20. The van der Waals surface area contributed by atoms with Crippen LogP contribution in [0.5, 0.6) is 0 Å². The minimum Gasteiger partial charge on any atom is -0.369 e. The minimum absolute atomic E-state index is 0.0287. The molecular weight excluding hydrogens is 266 g/mol. The Morgan fingerprint density at radius 1 is 1.19 bits per heavy atom. The maximum Gasteiger partial charge on any atom is 0.253 e. The van der Waals surface area contributed by atoms with Crippen LogP contribution in [-0.4, -0.2) is 34.4 Å². The Labute approximate surface area is 123 Å². The monoisotopic (exact) mass is 285 g/mol.